The minimum Gasteiger partial charge on any atom is -0.321 e. The average molecular weight is 418 g/mol. The molecule has 106 valence electrons. The van der Waals surface area contributed by atoms with E-state index in [1.54, 1.807) is 0 Å². The van der Waals surface area contributed by atoms with E-state index in [4.69, 9.17) is 0 Å². The first-order valence-electron chi connectivity index (χ1n) is 6.16. The Morgan fingerprint density at radius 1 is 1.30 bits per heavy atom. The lowest BCUT2D eigenvalue weighted by atomic mass is 10.1. The highest BCUT2D eigenvalue weighted by Crippen LogP contribution is 2.32. The molecule has 3 nitrogen and oxygen atoms in total. The van der Waals surface area contributed by atoms with E-state index in [0.29, 0.717) is 4.88 Å². The minimum absolute atomic E-state index is 0.0923. The summed E-state index contributed by atoms with van der Waals surface area (Å²) < 4.78 is 1.82. The molecular weight excluding hydrogens is 404 g/mol. The maximum atomic E-state index is 12.2. The zero-order valence-electron chi connectivity index (χ0n) is 10.9. The van der Waals surface area contributed by atoms with Crippen molar-refractivity contribution in [1.29, 1.82) is 0 Å². The van der Waals surface area contributed by atoms with Gasteiger partial charge in [0, 0.05) is 16.7 Å². The van der Waals surface area contributed by atoms with Gasteiger partial charge < -0.3 is 10.6 Å². The molecule has 1 amide bonds. The van der Waals surface area contributed by atoms with Gasteiger partial charge in [-0.05, 0) is 56.1 Å². The normalized spacial score (nSPS) is 10.6. The van der Waals surface area contributed by atoms with Gasteiger partial charge in [-0.25, -0.2) is 0 Å². The minimum atomic E-state index is -0.0923. The van der Waals surface area contributed by atoms with Crippen molar-refractivity contribution in [3.8, 4) is 0 Å². The van der Waals surface area contributed by atoms with Gasteiger partial charge in [0.05, 0.1) is 8.66 Å². The van der Waals surface area contributed by atoms with Crippen molar-refractivity contribution in [3.05, 3.63) is 49.0 Å². The Balaban J connectivity index is 2.15. The molecule has 0 unspecified atom stereocenters. The molecule has 0 aliphatic rings. The molecule has 20 heavy (non-hydrogen) atoms. The summed E-state index contributed by atoms with van der Waals surface area (Å²) in [6, 6.07) is 9.64. The number of halogens is 2. The van der Waals surface area contributed by atoms with Gasteiger partial charge in [-0.3, -0.25) is 4.79 Å². The smallest absolute Gasteiger partial charge is 0.265 e. The maximum absolute atomic E-state index is 12.2. The van der Waals surface area contributed by atoms with Crippen LogP contribution < -0.4 is 10.6 Å². The third kappa shape index (κ3) is 3.91. The molecule has 0 spiro atoms. The number of anilines is 1. The summed E-state index contributed by atoms with van der Waals surface area (Å²) in [7, 11) is 0. The topological polar surface area (TPSA) is 41.1 Å². The Morgan fingerprint density at radius 3 is 2.70 bits per heavy atom. The average Bonchev–Trinajstić information content (AvgIpc) is 2.78. The van der Waals surface area contributed by atoms with Crippen LogP contribution in [0.2, 0.25) is 0 Å². The molecule has 2 N–H and O–H groups in total. The van der Waals surface area contributed by atoms with E-state index in [9.17, 15) is 4.79 Å². The number of para-hydroxylation sites is 1. The zero-order chi connectivity index (χ0) is 14.5. The Hall–Kier alpha value is -0.690. The van der Waals surface area contributed by atoms with Crippen molar-refractivity contribution in [2.45, 2.75) is 13.5 Å². The highest BCUT2D eigenvalue weighted by molar-refractivity contribution is 9.13. The molecule has 0 bridgehead atoms. The third-order valence-electron chi connectivity index (χ3n) is 2.70. The van der Waals surface area contributed by atoms with Crippen LogP contribution in [-0.4, -0.2) is 12.5 Å². The summed E-state index contributed by atoms with van der Waals surface area (Å²) in [5, 5.41) is 6.23. The first kappa shape index (κ1) is 15.7. The molecule has 2 rings (SSSR count). The molecular formula is C14H14Br2N2OS. The first-order chi connectivity index (χ1) is 9.61. The van der Waals surface area contributed by atoms with Crippen LogP contribution >= 0.6 is 43.2 Å². The van der Waals surface area contributed by atoms with Gasteiger partial charge >= 0.3 is 0 Å². The van der Waals surface area contributed by atoms with Crippen LogP contribution in [0.4, 0.5) is 5.69 Å². The summed E-state index contributed by atoms with van der Waals surface area (Å²) in [5.41, 5.74) is 1.93. The van der Waals surface area contributed by atoms with E-state index < -0.39 is 0 Å². The predicted molar refractivity (Wildman–Crippen MR) is 91.5 cm³/mol. The van der Waals surface area contributed by atoms with Crippen molar-refractivity contribution in [2.24, 2.45) is 0 Å². The summed E-state index contributed by atoms with van der Waals surface area (Å²) >= 11 is 8.20. The fourth-order valence-corrected chi connectivity index (χ4v) is 3.63. The maximum Gasteiger partial charge on any atom is 0.265 e. The molecule has 0 atom stereocenters. The summed E-state index contributed by atoms with van der Waals surface area (Å²) in [5.74, 6) is -0.0923. The van der Waals surface area contributed by atoms with Gasteiger partial charge in [0.25, 0.3) is 5.91 Å². The highest BCUT2D eigenvalue weighted by Gasteiger charge is 2.13. The monoisotopic (exact) mass is 416 g/mol. The van der Waals surface area contributed by atoms with E-state index >= 15 is 0 Å². The van der Waals surface area contributed by atoms with Crippen molar-refractivity contribution in [1.82, 2.24) is 5.32 Å². The second-order valence-corrected chi connectivity index (χ2v) is 7.35. The summed E-state index contributed by atoms with van der Waals surface area (Å²) in [4.78, 5) is 12.9. The number of hydrogen-bond acceptors (Lipinski definition) is 3. The molecule has 0 aliphatic carbocycles. The van der Waals surface area contributed by atoms with Crippen LogP contribution in [0.1, 0.15) is 22.2 Å². The van der Waals surface area contributed by atoms with E-state index in [0.717, 1.165) is 32.6 Å². The van der Waals surface area contributed by atoms with Crippen LogP contribution in [0.15, 0.2) is 38.6 Å². The molecule has 0 radical (unpaired) electrons. The van der Waals surface area contributed by atoms with Gasteiger partial charge in [0.1, 0.15) is 0 Å². The van der Waals surface area contributed by atoms with Crippen molar-refractivity contribution in [2.75, 3.05) is 11.9 Å². The van der Waals surface area contributed by atoms with Gasteiger partial charge in [-0.15, -0.1) is 11.3 Å². The molecule has 1 aromatic carbocycles. The van der Waals surface area contributed by atoms with Gasteiger partial charge in [0.2, 0.25) is 0 Å². The number of carbonyl (C=O) groups is 1. The first-order valence-corrected chi connectivity index (χ1v) is 8.57. The summed E-state index contributed by atoms with van der Waals surface area (Å²) in [6.07, 6.45) is 0. The van der Waals surface area contributed by atoms with Crippen molar-refractivity contribution in [3.63, 3.8) is 0 Å². The highest BCUT2D eigenvalue weighted by atomic mass is 79.9. The van der Waals surface area contributed by atoms with Crippen LogP contribution in [0.25, 0.3) is 0 Å². The number of rotatable bonds is 5. The predicted octanol–water partition coefficient (Wildman–Crippen LogP) is 4.63. The Kier molecular flexibility index (Phi) is 5.77. The number of carbonyl (C=O) groups excluding carboxylic acids is 1. The number of nitrogens with one attached hydrogen (secondary N) is 2. The zero-order valence-corrected chi connectivity index (χ0v) is 14.9. The van der Waals surface area contributed by atoms with Gasteiger partial charge in [-0.2, -0.15) is 0 Å². The molecule has 6 heteroatoms. The second-order valence-electron chi connectivity index (χ2n) is 4.12. The van der Waals surface area contributed by atoms with Crippen molar-refractivity contribution >= 4 is 54.8 Å². The number of amides is 1. The standard InChI is InChI=1S/C14H14Br2N2OS/c1-2-17-8-9-5-3-4-6-11(9)18-14(19)12-7-10(15)13(16)20-12/h3-7,17H,2,8H2,1H3,(H,18,19). The van der Waals surface area contributed by atoms with Gasteiger partial charge in [-0.1, -0.05) is 25.1 Å². The van der Waals surface area contributed by atoms with Crippen LogP contribution in [0.5, 0.6) is 0 Å². The number of thiophene rings is 1. The Labute approximate surface area is 139 Å². The van der Waals surface area contributed by atoms with E-state index in [2.05, 4.69) is 49.4 Å². The molecule has 1 aromatic heterocycles. The SMILES string of the molecule is CCNCc1ccccc1NC(=O)c1cc(Br)c(Br)s1. The molecule has 0 saturated carbocycles. The van der Waals surface area contributed by atoms with Crippen LogP contribution in [0.3, 0.4) is 0 Å². The van der Waals surface area contributed by atoms with E-state index in [-0.39, 0.29) is 5.91 Å². The lowest BCUT2D eigenvalue weighted by Crippen LogP contribution is -2.16. The Morgan fingerprint density at radius 2 is 2.05 bits per heavy atom. The van der Waals surface area contributed by atoms with Crippen LogP contribution in [-0.2, 0) is 6.54 Å². The molecule has 1 heterocycles. The fourth-order valence-electron chi connectivity index (χ4n) is 1.70. The largest absolute Gasteiger partial charge is 0.321 e. The number of benzene rings is 1. The molecule has 0 aliphatic heterocycles. The van der Waals surface area contributed by atoms with E-state index in [1.165, 1.54) is 11.3 Å². The summed E-state index contributed by atoms with van der Waals surface area (Å²) in [6.45, 7) is 3.69. The molecule has 2 aromatic rings. The lowest BCUT2D eigenvalue weighted by Gasteiger charge is -2.10. The molecule has 0 fully saturated rings. The van der Waals surface area contributed by atoms with Crippen LogP contribution in [0, 0.1) is 0 Å². The van der Waals surface area contributed by atoms with Crippen molar-refractivity contribution < 1.29 is 4.79 Å². The molecule has 0 saturated heterocycles. The fraction of sp³-hybridized carbons (Fsp3) is 0.214. The third-order valence-corrected chi connectivity index (χ3v) is 5.95. The lowest BCUT2D eigenvalue weighted by molar-refractivity contribution is 0.103. The quantitative estimate of drug-likeness (QED) is 0.744. The second kappa shape index (κ2) is 7.36. The van der Waals surface area contributed by atoms with E-state index in [1.807, 2.05) is 30.3 Å². The van der Waals surface area contributed by atoms with Gasteiger partial charge in [0.15, 0.2) is 0 Å². The Bertz CT molecular complexity index is 593. The number of hydrogen-bond donors (Lipinski definition) is 2.